The molecule has 1 fully saturated rings. The number of morpholine rings is 1. The van der Waals surface area contributed by atoms with Crippen LogP contribution in [0.1, 0.15) is 51.8 Å². The maximum Gasteiger partial charge on any atom is 0.240 e. The average molecular weight is 348 g/mol. The highest BCUT2D eigenvalue weighted by molar-refractivity contribution is 5.85. The van der Waals surface area contributed by atoms with E-state index in [1.54, 1.807) is 0 Å². The zero-order valence-corrected chi connectivity index (χ0v) is 16.1. The quantitative estimate of drug-likeness (QED) is 0.857. The van der Waals surface area contributed by atoms with Crippen LogP contribution in [0.4, 0.5) is 0 Å². The fraction of sp³-hybridized carbons (Fsp3) is 0.650. The van der Waals surface area contributed by atoms with Gasteiger partial charge in [-0.15, -0.1) is 0 Å². The molecule has 1 amide bonds. The molecule has 0 aromatic heterocycles. The second-order valence-corrected chi connectivity index (χ2v) is 8.26. The molecule has 1 atom stereocenters. The summed E-state index contributed by atoms with van der Waals surface area (Å²) in [6.45, 7) is 13.3. The number of benzene rings is 1. The fourth-order valence-corrected chi connectivity index (χ4v) is 2.99. The Kier molecular flexibility index (Phi) is 6.25. The van der Waals surface area contributed by atoms with Crippen LogP contribution in [-0.2, 0) is 14.9 Å². The predicted octanol–water partition coefficient (Wildman–Crippen LogP) is 2.24. The molecule has 2 rings (SSSR count). The van der Waals surface area contributed by atoms with Gasteiger partial charge in [0.25, 0.3) is 0 Å². The van der Waals surface area contributed by atoms with Gasteiger partial charge in [0.2, 0.25) is 5.91 Å². The van der Waals surface area contributed by atoms with E-state index in [0.29, 0.717) is 13.2 Å². The number of nitrogens with one attached hydrogen (secondary N) is 1. The van der Waals surface area contributed by atoms with Crippen LogP contribution in [0, 0.1) is 0 Å². The van der Waals surface area contributed by atoms with E-state index in [0.717, 1.165) is 18.7 Å². The molecule has 0 spiro atoms. The monoisotopic (exact) mass is 348 g/mol. The molecule has 2 N–H and O–H groups in total. The SMILES string of the molecule is CC(C)(C)c1ccc(C(O)CNC(=O)C(C)(C)N2CCOCC2)cc1. The zero-order valence-electron chi connectivity index (χ0n) is 16.1. The number of carbonyl (C=O) groups is 1. The second kappa shape index (κ2) is 7.85. The normalized spacial score (nSPS) is 18.0. The van der Waals surface area contributed by atoms with E-state index in [-0.39, 0.29) is 17.9 Å². The van der Waals surface area contributed by atoms with Crippen LogP contribution in [0.3, 0.4) is 0 Å². The summed E-state index contributed by atoms with van der Waals surface area (Å²) >= 11 is 0. The highest BCUT2D eigenvalue weighted by atomic mass is 16.5. The number of ether oxygens (including phenoxy) is 1. The average Bonchev–Trinajstić information content (AvgIpc) is 2.59. The fourth-order valence-electron chi connectivity index (χ4n) is 2.99. The van der Waals surface area contributed by atoms with Gasteiger partial charge in [-0.05, 0) is 30.4 Å². The molecular weight excluding hydrogens is 316 g/mol. The molecule has 1 aromatic carbocycles. The first kappa shape index (κ1) is 19.9. The number of rotatable bonds is 5. The predicted molar refractivity (Wildman–Crippen MR) is 99.6 cm³/mol. The number of aliphatic hydroxyl groups is 1. The standard InChI is InChI=1S/C20H32N2O3/c1-19(2,3)16-8-6-15(7-9-16)17(23)14-21-18(24)20(4,5)22-10-12-25-13-11-22/h6-9,17,23H,10-14H2,1-5H3,(H,21,24). The lowest BCUT2D eigenvalue weighted by Gasteiger charge is -2.39. The van der Waals surface area contributed by atoms with E-state index in [4.69, 9.17) is 4.74 Å². The van der Waals surface area contributed by atoms with Crippen LogP contribution in [-0.4, -0.2) is 54.3 Å². The first-order valence-electron chi connectivity index (χ1n) is 9.02. The summed E-state index contributed by atoms with van der Waals surface area (Å²) in [5.74, 6) is -0.0697. The van der Waals surface area contributed by atoms with Crippen LogP contribution >= 0.6 is 0 Å². The molecule has 1 unspecified atom stereocenters. The van der Waals surface area contributed by atoms with Crippen molar-refractivity contribution in [3.05, 3.63) is 35.4 Å². The lowest BCUT2D eigenvalue weighted by atomic mass is 9.86. The summed E-state index contributed by atoms with van der Waals surface area (Å²) in [5.41, 5.74) is 1.51. The molecule has 0 radical (unpaired) electrons. The van der Waals surface area contributed by atoms with E-state index in [1.165, 1.54) is 5.56 Å². The third-order valence-electron chi connectivity index (χ3n) is 4.97. The largest absolute Gasteiger partial charge is 0.387 e. The molecule has 5 heteroatoms. The van der Waals surface area contributed by atoms with E-state index >= 15 is 0 Å². The van der Waals surface area contributed by atoms with Crippen LogP contribution in [0.15, 0.2) is 24.3 Å². The van der Waals surface area contributed by atoms with Crippen LogP contribution < -0.4 is 5.32 Å². The molecule has 25 heavy (non-hydrogen) atoms. The topological polar surface area (TPSA) is 61.8 Å². The Labute approximate surface area is 151 Å². The lowest BCUT2D eigenvalue weighted by Crippen LogP contribution is -2.58. The maximum absolute atomic E-state index is 12.6. The number of amides is 1. The van der Waals surface area contributed by atoms with E-state index in [9.17, 15) is 9.90 Å². The van der Waals surface area contributed by atoms with Gasteiger partial charge in [0.15, 0.2) is 0 Å². The first-order chi connectivity index (χ1) is 11.6. The van der Waals surface area contributed by atoms with E-state index in [1.807, 2.05) is 38.1 Å². The van der Waals surface area contributed by atoms with Crippen LogP contribution in [0.2, 0.25) is 0 Å². The number of nitrogens with zero attached hydrogens (tertiary/aromatic N) is 1. The summed E-state index contributed by atoms with van der Waals surface area (Å²) in [6.07, 6.45) is -0.710. The number of carbonyl (C=O) groups excluding carboxylic acids is 1. The molecule has 1 saturated heterocycles. The van der Waals surface area contributed by atoms with Gasteiger partial charge in [0.1, 0.15) is 0 Å². The van der Waals surface area contributed by atoms with E-state index in [2.05, 4.69) is 31.0 Å². The molecule has 5 nitrogen and oxygen atoms in total. The van der Waals surface area contributed by atoms with Gasteiger partial charge in [-0.25, -0.2) is 0 Å². The van der Waals surface area contributed by atoms with Crippen molar-refractivity contribution in [3.63, 3.8) is 0 Å². The first-order valence-corrected chi connectivity index (χ1v) is 9.02. The van der Waals surface area contributed by atoms with Crippen molar-refractivity contribution in [2.24, 2.45) is 0 Å². The Hall–Kier alpha value is -1.43. The van der Waals surface area contributed by atoms with Gasteiger partial charge in [-0.1, -0.05) is 45.0 Å². The van der Waals surface area contributed by atoms with Crippen LogP contribution in [0.25, 0.3) is 0 Å². The van der Waals surface area contributed by atoms with Crippen LogP contribution in [0.5, 0.6) is 0 Å². The van der Waals surface area contributed by atoms with Crippen molar-refractivity contribution in [2.75, 3.05) is 32.8 Å². The highest BCUT2D eigenvalue weighted by Gasteiger charge is 2.35. The molecule has 1 aliphatic heterocycles. The molecule has 0 saturated carbocycles. The minimum Gasteiger partial charge on any atom is -0.387 e. The highest BCUT2D eigenvalue weighted by Crippen LogP contribution is 2.24. The third kappa shape index (κ3) is 5.03. The second-order valence-electron chi connectivity index (χ2n) is 8.26. The Morgan fingerprint density at radius 2 is 1.72 bits per heavy atom. The summed E-state index contributed by atoms with van der Waals surface area (Å²) in [7, 11) is 0. The van der Waals surface area contributed by atoms with Crippen molar-refractivity contribution >= 4 is 5.91 Å². The Morgan fingerprint density at radius 1 is 1.16 bits per heavy atom. The van der Waals surface area contributed by atoms with Crippen molar-refractivity contribution in [1.82, 2.24) is 10.2 Å². The Balaban J connectivity index is 1.92. The molecule has 140 valence electrons. The van der Waals surface area contributed by atoms with Crippen molar-refractivity contribution in [2.45, 2.75) is 51.7 Å². The number of hydrogen-bond donors (Lipinski definition) is 2. The van der Waals surface area contributed by atoms with Gasteiger partial charge in [0, 0.05) is 19.6 Å². The minimum absolute atomic E-state index is 0.0697. The Bertz CT molecular complexity index is 570. The molecule has 0 aliphatic carbocycles. The number of hydrogen-bond acceptors (Lipinski definition) is 4. The maximum atomic E-state index is 12.6. The van der Waals surface area contributed by atoms with Gasteiger partial charge in [-0.2, -0.15) is 0 Å². The minimum atomic E-state index is -0.710. The van der Waals surface area contributed by atoms with E-state index < -0.39 is 11.6 Å². The summed E-state index contributed by atoms with van der Waals surface area (Å²) in [4.78, 5) is 14.7. The van der Waals surface area contributed by atoms with Crippen molar-refractivity contribution in [3.8, 4) is 0 Å². The van der Waals surface area contributed by atoms with Gasteiger partial charge in [-0.3, -0.25) is 9.69 Å². The van der Waals surface area contributed by atoms with Crippen molar-refractivity contribution < 1.29 is 14.6 Å². The zero-order chi connectivity index (χ0) is 18.7. The molecular formula is C20H32N2O3. The lowest BCUT2D eigenvalue weighted by molar-refractivity contribution is -0.135. The smallest absolute Gasteiger partial charge is 0.240 e. The van der Waals surface area contributed by atoms with Crippen molar-refractivity contribution in [1.29, 1.82) is 0 Å². The molecule has 0 bridgehead atoms. The molecule has 1 heterocycles. The Morgan fingerprint density at radius 3 is 2.24 bits per heavy atom. The third-order valence-corrected chi connectivity index (χ3v) is 4.97. The molecule has 1 aliphatic rings. The summed E-state index contributed by atoms with van der Waals surface area (Å²) < 4.78 is 5.35. The summed E-state index contributed by atoms with van der Waals surface area (Å²) in [6, 6.07) is 7.95. The summed E-state index contributed by atoms with van der Waals surface area (Å²) in [5, 5.41) is 13.3. The van der Waals surface area contributed by atoms with Gasteiger partial charge >= 0.3 is 0 Å². The molecule has 1 aromatic rings. The van der Waals surface area contributed by atoms with Gasteiger partial charge in [0.05, 0.1) is 24.9 Å². The number of aliphatic hydroxyl groups excluding tert-OH is 1. The van der Waals surface area contributed by atoms with Gasteiger partial charge < -0.3 is 15.2 Å².